The number of nitrogens with one attached hydrogen (secondary N) is 1. The maximum absolute atomic E-state index is 10.8. The van der Waals surface area contributed by atoms with Gasteiger partial charge in [0, 0.05) is 23.7 Å². The summed E-state index contributed by atoms with van der Waals surface area (Å²) in [6, 6.07) is 13.7. The molecule has 0 fully saturated rings. The minimum atomic E-state index is -0.351. The summed E-state index contributed by atoms with van der Waals surface area (Å²) in [7, 11) is 0. The van der Waals surface area contributed by atoms with E-state index in [0.29, 0.717) is 11.8 Å². The fourth-order valence-electron chi connectivity index (χ4n) is 3.85. The Morgan fingerprint density at radius 2 is 1.96 bits per heavy atom. The highest BCUT2D eigenvalue weighted by Gasteiger charge is 2.37. The molecule has 116 valence electrons. The van der Waals surface area contributed by atoms with E-state index in [0.717, 1.165) is 12.0 Å². The molecule has 1 N–H and O–H groups in total. The van der Waals surface area contributed by atoms with Crippen LogP contribution in [0.5, 0.6) is 0 Å². The van der Waals surface area contributed by atoms with Crippen LogP contribution in [0.15, 0.2) is 54.6 Å². The molecular weight excluding hydrogens is 288 g/mol. The molecule has 0 amide bonds. The lowest BCUT2D eigenvalue weighted by molar-refractivity contribution is -0.384. The van der Waals surface area contributed by atoms with Crippen molar-refractivity contribution in [2.24, 2.45) is 5.92 Å². The SMILES string of the molecule is Cc1ccc2c(c1)[C@@H]1C=CC[C@@H]1[C@@H](c1ccc([N+](=O)[O-])cc1)N2. The number of fused-ring (bicyclic) bond motifs is 3. The summed E-state index contributed by atoms with van der Waals surface area (Å²) in [4.78, 5) is 10.5. The Bertz CT molecular complexity index is 796. The van der Waals surface area contributed by atoms with E-state index in [9.17, 15) is 10.1 Å². The van der Waals surface area contributed by atoms with Crippen molar-refractivity contribution in [3.05, 3.63) is 81.4 Å². The van der Waals surface area contributed by atoms with Crippen molar-refractivity contribution < 1.29 is 4.92 Å². The lowest BCUT2D eigenvalue weighted by atomic mass is 9.76. The van der Waals surface area contributed by atoms with Gasteiger partial charge in [-0.25, -0.2) is 0 Å². The number of allylic oxidation sites excluding steroid dienone is 2. The van der Waals surface area contributed by atoms with Crippen LogP contribution in [0.1, 0.15) is 35.1 Å². The lowest BCUT2D eigenvalue weighted by Gasteiger charge is -2.37. The van der Waals surface area contributed by atoms with Crippen LogP contribution >= 0.6 is 0 Å². The Labute approximate surface area is 135 Å². The van der Waals surface area contributed by atoms with Gasteiger partial charge in [-0.2, -0.15) is 0 Å². The predicted octanol–water partition coefficient (Wildman–Crippen LogP) is 4.73. The van der Waals surface area contributed by atoms with Crippen LogP contribution in [0.3, 0.4) is 0 Å². The normalized spacial score (nSPS) is 24.7. The third-order valence-electron chi connectivity index (χ3n) is 4.98. The Hall–Kier alpha value is -2.62. The molecule has 0 spiro atoms. The quantitative estimate of drug-likeness (QED) is 0.496. The summed E-state index contributed by atoms with van der Waals surface area (Å²) in [5, 5.41) is 14.5. The number of rotatable bonds is 2. The third kappa shape index (κ3) is 2.31. The molecule has 0 saturated carbocycles. The van der Waals surface area contributed by atoms with E-state index in [1.54, 1.807) is 12.1 Å². The van der Waals surface area contributed by atoms with Crippen molar-refractivity contribution in [2.75, 3.05) is 5.32 Å². The fraction of sp³-hybridized carbons (Fsp3) is 0.263. The molecule has 3 atom stereocenters. The van der Waals surface area contributed by atoms with E-state index in [-0.39, 0.29) is 16.7 Å². The monoisotopic (exact) mass is 306 g/mol. The molecule has 2 aromatic rings. The van der Waals surface area contributed by atoms with E-state index in [2.05, 4.69) is 42.6 Å². The molecule has 4 rings (SSSR count). The van der Waals surface area contributed by atoms with Gasteiger partial charge in [0.2, 0.25) is 0 Å². The molecule has 23 heavy (non-hydrogen) atoms. The Kier molecular flexibility index (Phi) is 3.18. The second-order valence-corrected chi connectivity index (χ2v) is 6.41. The molecule has 4 heteroatoms. The molecule has 0 radical (unpaired) electrons. The van der Waals surface area contributed by atoms with Gasteiger partial charge in [0.15, 0.2) is 0 Å². The molecular formula is C19H18N2O2. The van der Waals surface area contributed by atoms with Gasteiger partial charge in [-0.3, -0.25) is 10.1 Å². The minimum Gasteiger partial charge on any atom is -0.378 e. The summed E-state index contributed by atoms with van der Waals surface area (Å²) in [6.07, 6.45) is 5.60. The summed E-state index contributed by atoms with van der Waals surface area (Å²) in [5.74, 6) is 0.886. The summed E-state index contributed by atoms with van der Waals surface area (Å²) in [5.41, 5.74) is 5.06. The van der Waals surface area contributed by atoms with Crippen LogP contribution in [0.25, 0.3) is 0 Å². The van der Waals surface area contributed by atoms with Gasteiger partial charge in [-0.05, 0) is 36.5 Å². The first-order chi connectivity index (χ1) is 11.1. The number of nitro groups is 1. The third-order valence-corrected chi connectivity index (χ3v) is 4.98. The van der Waals surface area contributed by atoms with Gasteiger partial charge in [-0.1, -0.05) is 42.0 Å². The average molecular weight is 306 g/mol. The number of benzene rings is 2. The van der Waals surface area contributed by atoms with Crippen LogP contribution in [-0.2, 0) is 0 Å². The van der Waals surface area contributed by atoms with Crippen molar-refractivity contribution in [3.8, 4) is 0 Å². The van der Waals surface area contributed by atoms with Crippen LogP contribution < -0.4 is 5.32 Å². The van der Waals surface area contributed by atoms with Crippen molar-refractivity contribution in [3.63, 3.8) is 0 Å². The number of hydrogen-bond donors (Lipinski definition) is 1. The molecule has 1 aliphatic heterocycles. The first kappa shape index (κ1) is 14.0. The smallest absolute Gasteiger partial charge is 0.269 e. The largest absolute Gasteiger partial charge is 0.378 e. The van der Waals surface area contributed by atoms with Gasteiger partial charge in [-0.15, -0.1) is 0 Å². The molecule has 1 heterocycles. The number of non-ortho nitro benzene ring substituents is 1. The number of aryl methyl sites for hydroxylation is 1. The van der Waals surface area contributed by atoms with Gasteiger partial charge < -0.3 is 5.32 Å². The van der Waals surface area contributed by atoms with E-state index in [4.69, 9.17) is 0 Å². The molecule has 0 unspecified atom stereocenters. The van der Waals surface area contributed by atoms with E-state index in [1.165, 1.54) is 16.8 Å². The second-order valence-electron chi connectivity index (χ2n) is 6.41. The van der Waals surface area contributed by atoms with Crippen LogP contribution in [0, 0.1) is 23.0 Å². The molecule has 0 saturated heterocycles. The molecule has 4 nitrogen and oxygen atoms in total. The fourth-order valence-corrected chi connectivity index (χ4v) is 3.85. The first-order valence-corrected chi connectivity index (χ1v) is 7.91. The van der Waals surface area contributed by atoms with E-state index >= 15 is 0 Å². The highest BCUT2D eigenvalue weighted by molar-refractivity contribution is 5.60. The van der Waals surface area contributed by atoms with Crippen LogP contribution in [0.4, 0.5) is 11.4 Å². The van der Waals surface area contributed by atoms with Crippen molar-refractivity contribution in [1.82, 2.24) is 0 Å². The van der Waals surface area contributed by atoms with Crippen molar-refractivity contribution >= 4 is 11.4 Å². The van der Waals surface area contributed by atoms with Gasteiger partial charge in [0.1, 0.15) is 0 Å². The second kappa shape index (κ2) is 5.23. The van der Waals surface area contributed by atoms with Gasteiger partial charge in [0.25, 0.3) is 5.69 Å². The average Bonchev–Trinajstić information content (AvgIpc) is 3.04. The van der Waals surface area contributed by atoms with Gasteiger partial charge in [0.05, 0.1) is 11.0 Å². The standard InChI is InChI=1S/C19H18N2O2/c1-12-5-10-18-17(11-12)15-3-2-4-16(15)19(20-18)13-6-8-14(9-7-13)21(22)23/h2-3,5-11,15-16,19-20H,4H2,1H3/t15-,16+,19-/m1/s1. The predicted molar refractivity (Wildman–Crippen MR) is 90.6 cm³/mol. The summed E-state index contributed by atoms with van der Waals surface area (Å²) in [6.45, 7) is 2.12. The zero-order valence-corrected chi connectivity index (χ0v) is 12.9. The first-order valence-electron chi connectivity index (χ1n) is 7.91. The van der Waals surface area contributed by atoms with E-state index < -0.39 is 0 Å². The molecule has 2 aromatic carbocycles. The maximum atomic E-state index is 10.8. The Balaban J connectivity index is 1.73. The maximum Gasteiger partial charge on any atom is 0.269 e. The zero-order chi connectivity index (χ0) is 16.0. The number of anilines is 1. The number of hydrogen-bond acceptors (Lipinski definition) is 3. The lowest BCUT2D eigenvalue weighted by Crippen LogP contribution is -2.29. The zero-order valence-electron chi connectivity index (χ0n) is 12.9. The van der Waals surface area contributed by atoms with Crippen LogP contribution in [-0.4, -0.2) is 4.92 Å². The van der Waals surface area contributed by atoms with E-state index in [1.807, 2.05) is 12.1 Å². The highest BCUT2D eigenvalue weighted by Crippen LogP contribution is 2.49. The van der Waals surface area contributed by atoms with Crippen molar-refractivity contribution in [2.45, 2.75) is 25.3 Å². The Morgan fingerprint density at radius 3 is 2.70 bits per heavy atom. The number of nitro benzene ring substituents is 1. The molecule has 2 aliphatic rings. The summed E-state index contributed by atoms with van der Waals surface area (Å²) >= 11 is 0. The van der Waals surface area contributed by atoms with Crippen molar-refractivity contribution in [1.29, 1.82) is 0 Å². The molecule has 0 bridgehead atoms. The number of nitrogens with zero attached hydrogens (tertiary/aromatic N) is 1. The Morgan fingerprint density at radius 1 is 1.17 bits per heavy atom. The minimum absolute atomic E-state index is 0.140. The summed E-state index contributed by atoms with van der Waals surface area (Å²) < 4.78 is 0. The van der Waals surface area contributed by atoms with Gasteiger partial charge >= 0.3 is 0 Å². The highest BCUT2D eigenvalue weighted by atomic mass is 16.6. The topological polar surface area (TPSA) is 55.2 Å². The molecule has 1 aliphatic carbocycles. The molecule has 0 aromatic heterocycles. The van der Waals surface area contributed by atoms with Crippen LogP contribution in [0.2, 0.25) is 0 Å².